The molecule has 0 saturated heterocycles. The van der Waals surface area contributed by atoms with Crippen LogP contribution in [0.3, 0.4) is 0 Å². The van der Waals surface area contributed by atoms with Gasteiger partial charge in [-0.15, -0.1) is 0 Å². The van der Waals surface area contributed by atoms with Crippen molar-refractivity contribution in [3.05, 3.63) is 398 Å². The summed E-state index contributed by atoms with van der Waals surface area (Å²) in [5.74, 6) is 5.46. The third-order valence-corrected chi connectivity index (χ3v) is 29.6. The second-order valence-corrected chi connectivity index (χ2v) is 36.0. The third kappa shape index (κ3) is 11.4. The van der Waals surface area contributed by atoms with Gasteiger partial charge < -0.3 is 34.0 Å². The Morgan fingerprint density at radius 2 is 0.702 bits per heavy atom. The molecule has 7 nitrogen and oxygen atoms in total. The van der Waals surface area contributed by atoms with Crippen LogP contribution < -0.4 is 66.8 Å². The number of ether oxygens (including phenoxy) is 2. The first kappa shape index (κ1) is 73.0. The highest BCUT2D eigenvalue weighted by Crippen LogP contribution is 2.65. The molecule has 16 aromatic rings. The molecule has 0 aromatic heterocycles. The van der Waals surface area contributed by atoms with Gasteiger partial charge in [0.1, 0.15) is 23.0 Å². The normalized spacial score (nSPS) is 17.7. The minimum Gasteiger partial charge on any atom is -0.458 e. The van der Waals surface area contributed by atoms with Crippen molar-refractivity contribution < 1.29 is 9.47 Å². The van der Waals surface area contributed by atoms with E-state index in [-0.39, 0.29) is 19.5 Å². The van der Waals surface area contributed by atoms with Crippen molar-refractivity contribution in [2.45, 2.75) is 94.9 Å². The lowest BCUT2D eigenvalue weighted by atomic mass is 9.33. The molecule has 0 N–H and O–H groups in total. The van der Waals surface area contributed by atoms with Crippen LogP contribution in [0.5, 0.6) is 23.0 Å². The van der Waals surface area contributed by atoms with Gasteiger partial charge in [-0.05, 0) is 194 Å². The second kappa shape index (κ2) is 29.8. The summed E-state index contributed by atoms with van der Waals surface area (Å²) in [6, 6.07) is 142. The summed E-state index contributed by atoms with van der Waals surface area (Å²) in [6.45, 7) is -0.469. The summed E-state index contributed by atoms with van der Waals surface area (Å²) in [6.07, 6.45) is 16.7. The number of nitrogens with zero attached hydrogens (tertiary/aromatic N) is 5. The SMILES string of the molecule is c1ccc(-c2ccccc2N(c2ccccc2)c2cc3c4c(c2)N(c2ccccc2-c2ccccc2)c2ccccc2B4c2cc4c(cc2O3)Oc2cc3c(cc2C42c4ccccc4-c4ccccc42)B2c4ccccc4N(c4ccccc4)c4cc(N(c5ccccc5)c5ccccc5)cc(c42)N3C2C(C3CCCCC3)CCCC2C2CCCCC2)cc1. The molecule has 3 fully saturated rings. The fourth-order valence-electron chi connectivity index (χ4n) is 24.7. The molecule has 0 radical (unpaired) electrons. The largest absolute Gasteiger partial charge is 0.458 e. The van der Waals surface area contributed by atoms with Gasteiger partial charge in [-0.25, -0.2) is 0 Å². The number of benzene rings is 16. The highest BCUT2D eigenvalue weighted by molar-refractivity contribution is 7.00. The van der Waals surface area contributed by atoms with Crippen LogP contribution in [0.15, 0.2) is 376 Å². The van der Waals surface area contributed by atoms with E-state index in [0.717, 1.165) is 119 Å². The second-order valence-electron chi connectivity index (χ2n) is 36.0. The molecule has 5 heterocycles. The van der Waals surface area contributed by atoms with Gasteiger partial charge in [-0.1, -0.05) is 338 Å². The van der Waals surface area contributed by atoms with E-state index in [1.165, 1.54) is 156 Å². The molecule has 9 aliphatic rings. The molecule has 1 spiro atoms. The van der Waals surface area contributed by atoms with Gasteiger partial charge in [0, 0.05) is 103 Å². The first-order chi connectivity index (χ1) is 61.6. The molecular weight excluding hydrogens is 1500 g/mol. The molecular formula is C115H93B2N5O2. The molecule has 0 amide bonds. The van der Waals surface area contributed by atoms with Crippen molar-refractivity contribution in [1.29, 1.82) is 0 Å². The van der Waals surface area contributed by atoms with Gasteiger partial charge in [0.2, 0.25) is 0 Å². The van der Waals surface area contributed by atoms with Crippen LogP contribution in [0.25, 0.3) is 33.4 Å². The Hall–Kier alpha value is -13.8. The summed E-state index contributed by atoms with van der Waals surface area (Å²) in [5.41, 5.74) is 34.2. The number of hydrogen-bond acceptors (Lipinski definition) is 7. The maximum absolute atomic E-state index is 8.35. The van der Waals surface area contributed by atoms with Crippen LogP contribution in [0, 0.1) is 23.7 Å². The van der Waals surface area contributed by atoms with E-state index < -0.39 is 5.41 Å². The Balaban J connectivity index is 0.765. The first-order valence-corrected chi connectivity index (χ1v) is 45.5. The topological polar surface area (TPSA) is 34.7 Å². The van der Waals surface area contributed by atoms with E-state index in [1.807, 2.05) is 0 Å². The van der Waals surface area contributed by atoms with Gasteiger partial charge in [0.15, 0.2) is 0 Å². The Labute approximate surface area is 728 Å². The zero-order valence-electron chi connectivity index (χ0n) is 69.6. The van der Waals surface area contributed by atoms with E-state index in [4.69, 9.17) is 9.47 Å². The molecule has 5 aliphatic heterocycles. The maximum Gasteiger partial charge on any atom is 0.256 e. The lowest BCUT2D eigenvalue weighted by Gasteiger charge is -2.55. The summed E-state index contributed by atoms with van der Waals surface area (Å²) in [7, 11) is 0. The minimum absolute atomic E-state index is 0.182. The van der Waals surface area contributed by atoms with E-state index in [0.29, 0.717) is 23.7 Å². The highest BCUT2D eigenvalue weighted by Gasteiger charge is 2.57. The van der Waals surface area contributed by atoms with Crippen LogP contribution in [-0.2, 0) is 5.41 Å². The van der Waals surface area contributed by atoms with Crippen molar-refractivity contribution in [1.82, 2.24) is 0 Å². The Morgan fingerprint density at radius 3 is 1.30 bits per heavy atom. The zero-order chi connectivity index (χ0) is 81.5. The lowest BCUT2D eigenvalue weighted by Crippen LogP contribution is -2.65. The number of rotatable bonds is 13. The van der Waals surface area contributed by atoms with Gasteiger partial charge in [-0.2, -0.15) is 0 Å². The van der Waals surface area contributed by atoms with Crippen LogP contribution in [0.2, 0.25) is 0 Å². The molecule has 596 valence electrons. The maximum atomic E-state index is 8.35. The molecule has 0 bridgehead atoms. The average Bonchev–Trinajstić information content (AvgIpc) is 1.34. The third-order valence-electron chi connectivity index (χ3n) is 29.6. The quantitative estimate of drug-likeness (QED) is 0.106. The molecule has 124 heavy (non-hydrogen) atoms. The van der Waals surface area contributed by atoms with E-state index in [1.54, 1.807) is 0 Å². The van der Waals surface area contributed by atoms with Gasteiger partial charge >= 0.3 is 0 Å². The lowest BCUT2D eigenvalue weighted by molar-refractivity contribution is 0.0839. The monoisotopic (exact) mass is 1600 g/mol. The van der Waals surface area contributed by atoms with E-state index in [2.05, 4.69) is 401 Å². The Bertz CT molecular complexity index is 6720. The smallest absolute Gasteiger partial charge is 0.256 e. The predicted molar refractivity (Wildman–Crippen MR) is 516 cm³/mol. The minimum atomic E-state index is -0.891. The van der Waals surface area contributed by atoms with E-state index in [9.17, 15) is 0 Å². The summed E-state index contributed by atoms with van der Waals surface area (Å²) < 4.78 is 16.4. The molecule has 9 heteroatoms. The predicted octanol–water partition coefficient (Wildman–Crippen LogP) is 26.5. The fraction of sp³-hybridized carbons (Fsp3) is 0.165. The van der Waals surface area contributed by atoms with Crippen molar-refractivity contribution in [3.8, 4) is 56.4 Å². The molecule has 3 saturated carbocycles. The summed E-state index contributed by atoms with van der Waals surface area (Å²) in [5, 5.41) is 0. The molecule has 4 aliphatic carbocycles. The summed E-state index contributed by atoms with van der Waals surface area (Å²) >= 11 is 0. The zero-order valence-corrected chi connectivity index (χ0v) is 69.6. The highest BCUT2D eigenvalue weighted by atomic mass is 16.5. The van der Waals surface area contributed by atoms with Gasteiger partial charge in [0.25, 0.3) is 13.4 Å². The van der Waals surface area contributed by atoms with E-state index >= 15 is 0 Å². The van der Waals surface area contributed by atoms with Crippen LogP contribution in [-0.4, -0.2) is 19.5 Å². The van der Waals surface area contributed by atoms with Crippen LogP contribution >= 0.6 is 0 Å². The Kier molecular flexibility index (Phi) is 17.5. The molecule has 2 atom stereocenters. The van der Waals surface area contributed by atoms with Crippen LogP contribution in [0.4, 0.5) is 79.6 Å². The number of para-hydroxylation sites is 8. The van der Waals surface area contributed by atoms with Crippen molar-refractivity contribution >= 4 is 126 Å². The molecule has 25 rings (SSSR count). The van der Waals surface area contributed by atoms with Crippen molar-refractivity contribution in [2.24, 2.45) is 23.7 Å². The molecule has 16 aromatic carbocycles. The number of hydrogen-bond donors (Lipinski definition) is 0. The van der Waals surface area contributed by atoms with Gasteiger partial charge in [0.05, 0.1) is 28.2 Å². The van der Waals surface area contributed by atoms with Crippen molar-refractivity contribution in [3.63, 3.8) is 0 Å². The number of anilines is 14. The first-order valence-electron chi connectivity index (χ1n) is 45.5. The summed E-state index contributed by atoms with van der Waals surface area (Å²) in [4.78, 5) is 13.2. The Morgan fingerprint density at radius 1 is 0.266 bits per heavy atom. The molecule has 2 unspecified atom stereocenters. The average molecular weight is 1600 g/mol. The van der Waals surface area contributed by atoms with Crippen LogP contribution in [0.1, 0.15) is 106 Å². The number of fused-ring (bicyclic) bond motifs is 17. The van der Waals surface area contributed by atoms with Gasteiger partial charge in [-0.3, -0.25) is 0 Å². The fourth-order valence-corrected chi connectivity index (χ4v) is 24.7. The standard InChI is InChI=1S/C115H93B2N5O2/c1-9-38-76(39-10-1)86-54-27-33-64-100(86)119(82-50-21-7-22-51-82)85-70-107-113-111(71-85)124-110-75-109-95(73-99(110)117(113)97-63-32-36-67-103(97)121(107)101-65-34-28-55-87(101)77-40-11-2-12-41-77)115(92-60-29-25-56-90(92)91-57-26-30-61-93(91)115)94-72-98-104(74-108(94)123-109)122(114-88(78-42-13-3-14-43-78)58-37-59-89(114)79-44-15-4-16-45-79)106-69-84(118(80-46-17-5-18-47-80)81-48-19-6-20-49-81)68-105-112(106)116(98)96-62-31-35-66-102(96)120(105)83-52-23-8-24-53-83/h1-2,5-12,17-36,38-41,46-57,60-75,78-79,88-89,114H,3-4,13-16,37,42-45,58-59H2. The van der Waals surface area contributed by atoms with Crippen molar-refractivity contribution in [2.75, 3.05) is 24.5 Å².